The van der Waals surface area contributed by atoms with E-state index >= 15 is 0 Å². The Hall–Kier alpha value is -2.04. The van der Waals surface area contributed by atoms with Crippen molar-refractivity contribution < 1.29 is 24.2 Å². The summed E-state index contributed by atoms with van der Waals surface area (Å²) in [6, 6.07) is 0. The first-order valence-corrected chi connectivity index (χ1v) is 13.3. The van der Waals surface area contributed by atoms with Gasteiger partial charge in [-0.05, 0) is 26.3 Å². The van der Waals surface area contributed by atoms with Crippen LogP contribution in [0.3, 0.4) is 0 Å². The molecule has 5 nitrogen and oxygen atoms in total. The quantitative estimate of drug-likeness (QED) is 0.0771. The number of aliphatic hydroxyl groups is 1. The minimum atomic E-state index is -0.446. The van der Waals surface area contributed by atoms with Crippen LogP contribution >= 0.6 is 0 Å². The van der Waals surface area contributed by atoms with Gasteiger partial charge in [-0.2, -0.15) is 0 Å². The Bertz CT molecular complexity index is 551. The summed E-state index contributed by atoms with van der Waals surface area (Å²) in [5.41, 5.74) is 0.845. The van der Waals surface area contributed by atoms with E-state index in [0.717, 1.165) is 12.7 Å². The molecule has 0 rings (SSSR count). The van der Waals surface area contributed by atoms with Crippen molar-refractivity contribution in [3.8, 4) is 0 Å². The molecule has 198 valence electrons. The first-order valence-electron chi connectivity index (χ1n) is 13.3. The minimum Gasteiger partial charge on any atom is -0.516 e. The van der Waals surface area contributed by atoms with Crippen molar-refractivity contribution in [2.24, 2.45) is 0 Å². The van der Waals surface area contributed by atoms with Gasteiger partial charge in [0, 0.05) is 11.1 Å². The van der Waals surface area contributed by atoms with Crippen molar-refractivity contribution in [3.05, 3.63) is 36.6 Å². The molecular formula is C29H52O5. The molecule has 0 aromatic rings. The van der Waals surface area contributed by atoms with E-state index in [9.17, 15) is 9.59 Å². The highest BCUT2D eigenvalue weighted by atomic mass is 16.5. The highest BCUT2D eigenvalue weighted by molar-refractivity contribution is 5.87. The Balaban J connectivity index is 0. The summed E-state index contributed by atoms with van der Waals surface area (Å²) in [4.78, 5) is 21.8. The number of rotatable bonds is 21. The number of hydrogen-bond donors (Lipinski definition) is 1. The molecule has 0 amide bonds. The molecule has 0 saturated carbocycles. The zero-order valence-electron chi connectivity index (χ0n) is 22.4. The average Bonchev–Trinajstić information content (AvgIpc) is 2.81. The van der Waals surface area contributed by atoms with Crippen molar-refractivity contribution in [2.75, 3.05) is 13.2 Å². The fourth-order valence-corrected chi connectivity index (χ4v) is 3.23. The van der Waals surface area contributed by atoms with Gasteiger partial charge in [0.05, 0.1) is 12.9 Å². The average molecular weight is 481 g/mol. The number of ether oxygens (including phenoxy) is 2. The van der Waals surface area contributed by atoms with Gasteiger partial charge >= 0.3 is 11.9 Å². The molecule has 0 fully saturated rings. The number of hydrogen-bond acceptors (Lipinski definition) is 5. The molecule has 0 bridgehead atoms. The maximum absolute atomic E-state index is 11.2. The van der Waals surface area contributed by atoms with Crippen LogP contribution in [0.5, 0.6) is 0 Å². The van der Waals surface area contributed by atoms with E-state index in [-0.39, 0.29) is 12.6 Å². The second kappa shape index (κ2) is 27.2. The lowest BCUT2D eigenvalue weighted by molar-refractivity contribution is -0.139. The monoisotopic (exact) mass is 480 g/mol. The number of esters is 2. The molecule has 34 heavy (non-hydrogen) atoms. The minimum absolute atomic E-state index is 0.0855. The number of aliphatic hydroxyl groups excluding tert-OH is 1. The molecule has 0 heterocycles. The van der Waals surface area contributed by atoms with Crippen molar-refractivity contribution in [1.82, 2.24) is 0 Å². The standard InChI is InChI=1S/C22H42O2.C7H10O3/c1-4-5-6-7-8-9-10-11-12-13-14-15-16-17-18-19-20-24-22(23)21(2)3;1-6(2)7(9)10-5-3-4-8/h2,4-20H2,1,3H3;3-4,8H,1,5H2,2H3. The van der Waals surface area contributed by atoms with Crippen LogP contribution in [0.15, 0.2) is 36.6 Å². The highest BCUT2D eigenvalue weighted by Gasteiger charge is 2.02. The summed E-state index contributed by atoms with van der Waals surface area (Å²) in [6.45, 7) is 13.1. The predicted octanol–water partition coefficient (Wildman–Crippen LogP) is 8.54. The number of carbonyl (C=O) groups is 2. The zero-order valence-corrected chi connectivity index (χ0v) is 22.4. The number of unbranched alkanes of at least 4 members (excludes halogenated alkanes) is 15. The van der Waals surface area contributed by atoms with E-state index in [0.29, 0.717) is 17.8 Å². The van der Waals surface area contributed by atoms with Crippen molar-refractivity contribution in [1.29, 1.82) is 0 Å². The fraction of sp³-hybridized carbons (Fsp3) is 0.724. The second-order valence-electron chi connectivity index (χ2n) is 8.98. The van der Waals surface area contributed by atoms with Crippen LogP contribution in [-0.2, 0) is 19.1 Å². The van der Waals surface area contributed by atoms with Crippen LogP contribution < -0.4 is 0 Å². The molecule has 0 spiro atoms. The Labute approximate surface area is 209 Å². The summed E-state index contributed by atoms with van der Waals surface area (Å²) in [5.74, 6) is -0.700. The van der Waals surface area contributed by atoms with Gasteiger partial charge in [0.1, 0.15) is 6.61 Å². The fourth-order valence-electron chi connectivity index (χ4n) is 3.23. The Morgan fingerprint density at radius 3 is 1.35 bits per heavy atom. The third-order valence-corrected chi connectivity index (χ3v) is 5.34. The highest BCUT2D eigenvalue weighted by Crippen LogP contribution is 2.13. The van der Waals surface area contributed by atoms with Crippen LogP contribution in [0, 0.1) is 0 Å². The summed E-state index contributed by atoms with van der Waals surface area (Å²) < 4.78 is 9.64. The predicted molar refractivity (Wildman–Crippen MR) is 143 cm³/mol. The first-order chi connectivity index (χ1) is 16.4. The van der Waals surface area contributed by atoms with Gasteiger partial charge in [0.25, 0.3) is 0 Å². The lowest BCUT2D eigenvalue weighted by Gasteiger charge is -2.05. The molecule has 1 N–H and O–H groups in total. The number of carbonyl (C=O) groups excluding carboxylic acids is 2. The molecule has 0 aliphatic rings. The molecule has 0 aliphatic carbocycles. The summed E-state index contributed by atoms with van der Waals surface area (Å²) in [5, 5.41) is 8.12. The Morgan fingerprint density at radius 2 is 1.00 bits per heavy atom. The van der Waals surface area contributed by atoms with Gasteiger partial charge in [-0.25, -0.2) is 9.59 Å². The summed E-state index contributed by atoms with van der Waals surface area (Å²) in [7, 11) is 0. The molecule has 0 aromatic heterocycles. The molecular weight excluding hydrogens is 428 g/mol. The van der Waals surface area contributed by atoms with E-state index < -0.39 is 5.97 Å². The molecule has 0 saturated heterocycles. The van der Waals surface area contributed by atoms with E-state index in [2.05, 4.69) is 24.8 Å². The van der Waals surface area contributed by atoms with Crippen LogP contribution in [0.2, 0.25) is 0 Å². The van der Waals surface area contributed by atoms with Gasteiger partial charge in [0.15, 0.2) is 0 Å². The van der Waals surface area contributed by atoms with Crippen molar-refractivity contribution in [2.45, 2.75) is 124 Å². The maximum atomic E-state index is 11.2. The zero-order chi connectivity index (χ0) is 25.9. The third kappa shape index (κ3) is 28.0. The van der Waals surface area contributed by atoms with Crippen LogP contribution in [-0.4, -0.2) is 30.3 Å². The van der Waals surface area contributed by atoms with Crippen LogP contribution in [0.25, 0.3) is 0 Å². The summed E-state index contributed by atoms with van der Waals surface area (Å²) in [6.07, 6.45) is 23.9. The van der Waals surface area contributed by atoms with E-state index in [4.69, 9.17) is 9.84 Å². The molecule has 0 unspecified atom stereocenters. The van der Waals surface area contributed by atoms with Gasteiger partial charge in [-0.1, -0.05) is 116 Å². The maximum Gasteiger partial charge on any atom is 0.333 e. The summed E-state index contributed by atoms with van der Waals surface area (Å²) >= 11 is 0. The molecule has 0 radical (unpaired) electrons. The first kappa shape index (κ1) is 34.1. The van der Waals surface area contributed by atoms with Gasteiger partial charge in [-0.3, -0.25) is 0 Å². The molecule has 0 atom stereocenters. The topological polar surface area (TPSA) is 72.8 Å². The van der Waals surface area contributed by atoms with Crippen LogP contribution in [0.1, 0.15) is 124 Å². The molecule has 0 aliphatic heterocycles. The SMILES string of the molecule is C=C(C)C(=O)OCC=CO.C=C(C)C(=O)OCCCCCCCCCCCCCCCCCC. The normalized spacial score (nSPS) is 10.4. The van der Waals surface area contributed by atoms with E-state index in [1.54, 1.807) is 13.8 Å². The van der Waals surface area contributed by atoms with Gasteiger partial charge < -0.3 is 14.6 Å². The van der Waals surface area contributed by atoms with Gasteiger partial charge in [0.2, 0.25) is 0 Å². The lowest BCUT2D eigenvalue weighted by Crippen LogP contribution is -2.05. The van der Waals surface area contributed by atoms with Crippen LogP contribution in [0.4, 0.5) is 0 Å². The van der Waals surface area contributed by atoms with Crippen molar-refractivity contribution >= 4 is 11.9 Å². The molecule has 0 aromatic carbocycles. The Morgan fingerprint density at radius 1 is 0.647 bits per heavy atom. The second-order valence-corrected chi connectivity index (χ2v) is 8.98. The smallest absolute Gasteiger partial charge is 0.333 e. The van der Waals surface area contributed by atoms with Crippen molar-refractivity contribution in [3.63, 3.8) is 0 Å². The van der Waals surface area contributed by atoms with Gasteiger partial charge in [-0.15, -0.1) is 0 Å². The van der Waals surface area contributed by atoms with E-state index in [1.807, 2.05) is 0 Å². The molecule has 5 heteroatoms. The third-order valence-electron chi connectivity index (χ3n) is 5.34. The largest absolute Gasteiger partial charge is 0.516 e. The lowest BCUT2D eigenvalue weighted by atomic mass is 10.0. The van der Waals surface area contributed by atoms with E-state index in [1.165, 1.54) is 102 Å². The Kier molecular flexibility index (Phi) is 27.3.